The number of nitrogens with two attached hydrogens (primary N) is 1. The van der Waals surface area contributed by atoms with Gasteiger partial charge < -0.3 is 5.73 Å². The third-order valence-corrected chi connectivity index (χ3v) is 5.02. The molecule has 0 aliphatic carbocycles. The first-order valence-corrected chi connectivity index (χ1v) is 6.34. The summed E-state index contributed by atoms with van der Waals surface area (Å²) in [5, 5.41) is 3.39. The summed E-state index contributed by atoms with van der Waals surface area (Å²) in [4.78, 5) is 0. The molecule has 0 unspecified atom stereocenters. The van der Waals surface area contributed by atoms with Crippen molar-refractivity contribution in [2.75, 3.05) is 5.73 Å². The van der Waals surface area contributed by atoms with Gasteiger partial charge in [0.15, 0.2) is 0 Å². The van der Waals surface area contributed by atoms with Gasteiger partial charge in [-0.2, -0.15) is 0 Å². The average molecular weight is 401 g/mol. The summed E-state index contributed by atoms with van der Waals surface area (Å²) in [5.41, 5.74) is 6.72. The van der Waals surface area contributed by atoms with Crippen LogP contribution in [-0.2, 0) is 0 Å². The number of fused-ring (bicyclic) bond motifs is 1. The maximum Gasteiger partial charge on any atom is 0.0488 e. The molecule has 0 amide bonds. The Kier molecular flexibility index (Phi) is 2.48. The molecule has 0 fully saturated rings. The number of nitrogen functional groups attached to an aromatic ring is 1. The van der Waals surface area contributed by atoms with Gasteiger partial charge in [0.25, 0.3) is 0 Å². The van der Waals surface area contributed by atoms with Crippen molar-refractivity contribution in [3.63, 3.8) is 0 Å². The van der Waals surface area contributed by atoms with Gasteiger partial charge in [-0.25, -0.2) is 0 Å². The van der Waals surface area contributed by atoms with Gasteiger partial charge in [0, 0.05) is 22.9 Å². The monoisotopic (exact) mass is 401 g/mol. The van der Waals surface area contributed by atoms with Crippen molar-refractivity contribution in [3.05, 3.63) is 24.7 Å². The molecule has 2 rings (SSSR count). The van der Waals surface area contributed by atoms with E-state index in [1.165, 1.54) is 17.2 Å². The second kappa shape index (κ2) is 3.30. The van der Waals surface area contributed by atoms with E-state index in [0.717, 1.165) is 5.69 Å². The Bertz CT molecular complexity index is 436. The lowest BCUT2D eigenvalue weighted by molar-refractivity contribution is 1.70. The van der Waals surface area contributed by atoms with Crippen LogP contribution in [0.1, 0.15) is 0 Å². The van der Waals surface area contributed by atoms with Crippen LogP contribution in [0.15, 0.2) is 17.5 Å². The van der Waals surface area contributed by atoms with Gasteiger partial charge >= 0.3 is 0 Å². The third-order valence-electron chi connectivity index (χ3n) is 1.65. The van der Waals surface area contributed by atoms with Crippen LogP contribution in [0.25, 0.3) is 10.1 Å². The lowest BCUT2D eigenvalue weighted by Crippen LogP contribution is -1.90. The van der Waals surface area contributed by atoms with E-state index >= 15 is 0 Å². The lowest BCUT2D eigenvalue weighted by atomic mass is 10.2. The van der Waals surface area contributed by atoms with Gasteiger partial charge in [0.05, 0.1) is 0 Å². The van der Waals surface area contributed by atoms with Crippen LogP contribution in [0.4, 0.5) is 5.69 Å². The summed E-state index contributed by atoms with van der Waals surface area (Å²) in [6.45, 7) is 0. The molecule has 0 bridgehead atoms. The molecule has 1 aromatic heterocycles. The highest BCUT2D eigenvalue weighted by atomic mass is 127. The predicted octanol–water partition coefficient (Wildman–Crippen LogP) is 3.69. The standard InChI is InChI=1S/C8H5I2NS/c9-5-3-6(11)7(10)4-1-2-12-8(4)5/h1-3H,11H2. The van der Waals surface area contributed by atoms with Crippen molar-refractivity contribution >= 4 is 72.3 Å². The largest absolute Gasteiger partial charge is 0.398 e. The van der Waals surface area contributed by atoms with Crippen LogP contribution < -0.4 is 5.73 Å². The summed E-state index contributed by atoms with van der Waals surface area (Å²) in [6.07, 6.45) is 0. The zero-order chi connectivity index (χ0) is 8.72. The summed E-state index contributed by atoms with van der Waals surface area (Å²) < 4.78 is 3.76. The third kappa shape index (κ3) is 1.33. The molecule has 2 N–H and O–H groups in total. The minimum Gasteiger partial charge on any atom is -0.398 e. The van der Waals surface area contributed by atoms with Gasteiger partial charge in [-0.1, -0.05) is 0 Å². The summed E-state index contributed by atoms with van der Waals surface area (Å²) in [7, 11) is 0. The van der Waals surface area contributed by atoms with Crippen molar-refractivity contribution in [1.82, 2.24) is 0 Å². The molecule has 2 aromatic rings. The topological polar surface area (TPSA) is 26.0 Å². The molecule has 0 saturated carbocycles. The lowest BCUT2D eigenvalue weighted by Gasteiger charge is -2.01. The van der Waals surface area contributed by atoms with E-state index in [4.69, 9.17) is 5.73 Å². The highest BCUT2D eigenvalue weighted by molar-refractivity contribution is 14.1. The number of halogens is 2. The molecular formula is C8H5I2NS. The van der Waals surface area contributed by atoms with Crippen molar-refractivity contribution in [2.45, 2.75) is 0 Å². The van der Waals surface area contributed by atoms with E-state index < -0.39 is 0 Å². The summed E-state index contributed by atoms with van der Waals surface area (Å²) in [6, 6.07) is 4.15. The number of hydrogen-bond donors (Lipinski definition) is 1. The molecule has 0 saturated heterocycles. The summed E-state index contributed by atoms with van der Waals surface area (Å²) >= 11 is 6.39. The molecule has 4 heteroatoms. The fourth-order valence-corrected chi connectivity index (χ4v) is 3.69. The molecule has 1 nitrogen and oxygen atoms in total. The Balaban J connectivity index is 2.97. The zero-order valence-corrected chi connectivity index (χ0v) is 11.1. The molecule has 0 atom stereocenters. The molecule has 1 aromatic carbocycles. The SMILES string of the molecule is Nc1cc(I)c2sccc2c1I. The molecule has 0 aliphatic rings. The molecule has 12 heavy (non-hydrogen) atoms. The Morgan fingerprint density at radius 1 is 1.33 bits per heavy atom. The van der Waals surface area contributed by atoms with E-state index in [1.54, 1.807) is 11.3 Å². The zero-order valence-electron chi connectivity index (χ0n) is 5.97. The highest BCUT2D eigenvalue weighted by Crippen LogP contribution is 2.33. The van der Waals surface area contributed by atoms with Crippen LogP contribution in [0.5, 0.6) is 0 Å². The van der Waals surface area contributed by atoms with E-state index in [2.05, 4.69) is 56.6 Å². The number of rotatable bonds is 0. The maximum absolute atomic E-state index is 5.84. The second-order valence-corrected chi connectivity index (χ2v) is 5.58. The number of hydrogen-bond acceptors (Lipinski definition) is 2. The van der Waals surface area contributed by atoms with E-state index in [0.29, 0.717) is 0 Å². The van der Waals surface area contributed by atoms with Crippen molar-refractivity contribution in [2.24, 2.45) is 0 Å². The molecule has 0 radical (unpaired) electrons. The molecule has 0 aliphatic heterocycles. The Morgan fingerprint density at radius 2 is 2.08 bits per heavy atom. The minimum absolute atomic E-state index is 0.880. The van der Waals surface area contributed by atoms with Gasteiger partial charge in [0.1, 0.15) is 0 Å². The Labute approximate surface area is 102 Å². The smallest absolute Gasteiger partial charge is 0.0488 e. The Morgan fingerprint density at radius 3 is 2.83 bits per heavy atom. The normalized spacial score (nSPS) is 10.8. The maximum atomic E-state index is 5.84. The number of thiophene rings is 1. The first-order chi connectivity index (χ1) is 5.70. The van der Waals surface area contributed by atoms with E-state index in [1.807, 2.05) is 6.07 Å². The van der Waals surface area contributed by atoms with Crippen LogP contribution in [0.3, 0.4) is 0 Å². The Hall–Kier alpha value is 0.440. The highest BCUT2D eigenvalue weighted by Gasteiger charge is 2.06. The van der Waals surface area contributed by atoms with Crippen molar-refractivity contribution < 1.29 is 0 Å². The van der Waals surface area contributed by atoms with Crippen LogP contribution in [0, 0.1) is 7.14 Å². The van der Waals surface area contributed by atoms with Gasteiger partial charge in [-0.3, -0.25) is 0 Å². The quantitative estimate of drug-likeness (QED) is 0.529. The minimum atomic E-state index is 0.880. The first kappa shape index (κ1) is 9.01. The van der Waals surface area contributed by atoms with Crippen LogP contribution in [-0.4, -0.2) is 0 Å². The summed E-state index contributed by atoms with van der Waals surface area (Å²) in [5.74, 6) is 0. The van der Waals surface area contributed by atoms with Crippen molar-refractivity contribution in [3.8, 4) is 0 Å². The fourth-order valence-electron chi connectivity index (χ4n) is 1.09. The van der Waals surface area contributed by atoms with Gasteiger partial charge in [-0.05, 0) is 62.7 Å². The van der Waals surface area contributed by atoms with Gasteiger partial charge in [0.2, 0.25) is 0 Å². The van der Waals surface area contributed by atoms with Crippen LogP contribution >= 0.6 is 56.5 Å². The predicted molar refractivity (Wildman–Crippen MR) is 71.7 cm³/mol. The molecular weight excluding hydrogens is 396 g/mol. The number of anilines is 1. The van der Waals surface area contributed by atoms with Crippen molar-refractivity contribution in [1.29, 1.82) is 0 Å². The second-order valence-electron chi connectivity index (χ2n) is 2.42. The van der Waals surface area contributed by atoms with Gasteiger partial charge in [-0.15, -0.1) is 11.3 Å². The van der Waals surface area contributed by atoms with E-state index in [-0.39, 0.29) is 0 Å². The average Bonchev–Trinajstić information content (AvgIpc) is 2.48. The molecule has 62 valence electrons. The fraction of sp³-hybridized carbons (Fsp3) is 0. The molecule has 1 heterocycles. The molecule has 0 spiro atoms. The van der Waals surface area contributed by atoms with Crippen LogP contribution in [0.2, 0.25) is 0 Å². The number of benzene rings is 1. The van der Waals surface area contributed by atoms with E-state index in [9.17, 15) is 0 Å². The first-order valence-electron chi connectivity index (χ1n) is 3.31.